The van der Waals surface area contributed by atoms with Crippen molar-refractivity contribution in [1.29, 1.82) is 0 Å². The first kappa shape index (κ1) is 26.6. The molecule has 1 fully saturated rings. The number of hydrogen-bond acceptors (Lipinski definition) is 6. The number of nitrogens with two attached hydrogens (primary N) is 1. The molecule has 2 heterocycles. The molecule has 0 saturated carbocycles. The summed E-state index contributed by atoms with van der Waals surface area (Å²) < 4.78 is 0. The van der Waals surface area contributed by atoms with Gasteiger partial charge >= 0.3 is 6.03 Å². The number of fused-ring (bicyclic) bond motifs is 1. The molecule has 1 aliphatic rings. The Balaban J connectivity index is 1.65. The highest BCUT2D eigenvalue weighted by atomic mass is 16.3. The number of urea groups is 1. The monoisotopic (exact) mass is 482 g/mol. The summed E-state index contributed by atoms with van der Waals surface area (Å²) in [6.07, 6.45) is 1.68. The Morgan fingerprint density at radius 2 is 2.06 bits per heavy atom. The van der Waals surface area contributed by atoms with Crippen molar-refractivity contribution in [1.82, 2.24) is 25.1 Å². The van der Waals surface area contributed by atoms with E-state index in [1.807, 2.05) is 51.1 Å². The molecule has 0 bridgehead atoms. The van der Waals surface area contributed by atoms with Crippen molar-refractivity contribution in [2.75, 3.05) is 32.7 Å². The fourth-order valence-electron chi connectivity index (χ4n) is 4.50. The zero-order valence-electron chi connectivity index (χ0n) is 21.0. The van der Waals surface area contributed by atoms with Crippen LogP contribution in [0.4, 0.5) is 4.79 Å². The lowest BCUT2D eigenvalue weighted by atomic mass is 9.97. The second-order valence-electron chi connectivity index (χ2n) is 9.50. The lowest BCUT2D eigenvalue weighted by Gasteiger charge is -2.31. The van der Waals surface area contributed by atoms with E-state index >= 15 is 0 Å². The van der Waals surface area contributed by atoms with E-state index in [9.17, 15) is 14.7 Å². The maximum absolute atomic E-state index is 13.4. The Kier molecular flexibility index (Phi) is 9.20. The zero-order chi connectivity index (χ0) is 25.5. The number of benzene rings is 1. The van der Waals surface area contributed by atoms with E-state index in [0.717, 1.165) is 28.5 Å². The van der Waals surface area contributed by atoms with Crippen molar-refractivity contribution in [2.45, 2.75) is 45.9 Å². The minimum atomic E-state index is -0.827. The van der Waals surface area contributed by atoms with Gasteiger partial charge in [0.25, 0.3) is 0 Å². The number of para-hydroxylation sites is 1. The fraction of sp³-hybridized carbons (Fsp3) is 0.500. The van der Waals surface area contributed by atoms with Gasteiger partial charge in [-0.25, -0.2) is 9.80 Å². The minimum Gasteiger partial charge on any atom is -0.390 e. The quantitative estimate of drug-likeness (QED) is 0.243. The minimum absolute atomic E-state index is 0.0350. The van der Waals surface area contributed by atoms with Crippen LogP contribution in [0.5, 0.6) is 0 Å². The molecule has 2 unspecified atom stereocenters. The van der Waals surface area contributed by atoms with Crippen LogP contribution in [0.25, 0.3) is 10.9 Å². The number of carbonyl (C=O) groups excluding carboxylic acids is 2. The van der Waals surface area contributed by atoms with E-state index in [1.54, 1.807) is 16.0 Å². The van der Waals surface area contributed by atoms with Crippen molar-refractivity contribution < 1.29 is 14.7 Å². The first-order valence-corrected chi connectivity index (χ1v) is 12.2. The molecule has 0 aliphatic carbocycles. The van der Waals surface area contributed by atoms with Gasteiger partial charge in [-0.15, -0.1) is 0 Å². The lowest BCUT2D eigenvalue weighted by Crippen LogP contribution is -2.53. The van der Waals surface area contributed by atoms with Crippen molar-refractivity contribution in [3.8, 4) is 0 Å². The predicted molar refractivity (Wildman–Crippen MR) is 137 cm³/mol. The molecule has 0 radical (unpaired) electrons. The number of hydrazine groups is 1. The van der Waals surface area contributed by atoms with Gasteiger partial charge in [0.15, 0.2) is 0 Å². The number of aromatic nitrogens is 1. The third-order valence-corrected chi connectivity index (χ3v) is 6.45. The Bertz CT molecular complexity index is 1040. The number of amides is 3. The van der Waals surface area contributed by atoms with Crippen LogP contribution in [0.1, 0.15) is 32.8 Å². The van der Waals surface area contributed by atoms with Gasteiger partial charge in [-0.1, -0.05) is 50.6 Å². The molecule has 0 spiro atoms. The van der Waals surface area contributed by atoms with Crippen molar-refractivity contribution in [3.63, 3.8) is 0 Å². The largest absolute Gasteiger partial charge is 0.390 e. The summed E-state index contributed by atoms with van der Waals surface area (Å²) in [6.45, 7) is 11.9. The summed E-state index contributed by atoms with van der Waals surface area (Å²) >= 11 is 0. The molecule has 1 aromatic carbocycles. The van der Waals surface area contributed by atoms with E-state index in [0.29, 0.717) is 26.2 Å². The van der Waals surface area contributed by atoms with Crippen molar-refractivity contribution in [3.05, 3.63) is 54.2 Å². The Morgan fingerprint density at radius 3 is 2.77 bits per heavy atom. The van der Waals surface area contributed by atoms with Crippen LogP contribution in [0.15, 0.2) is 48.7 Å². The van der Waals surface area contributed by atoms with Gasteiger partial charge in [0, 0.05) is 50.9 Å². The van der Waals surface area contributed by atoms with Crippen LogP contribution >= 0.6 is 0 Å². The molecule has 4 N–H and O–H groups in total. The van der Waals surface area contributed by atoms with Crippen LogP contribution in [-0.2, 0) is 11.3 Å². The average Bonchev–Trinajstić information content (AvgIpc) is 3.17. The molecule has 3 atom stereocenters. The molecular weight excluding hydrogens is 444 g/mol. The molecule has 3 rings (SSSR count). The van der Waals surface area contributed by atoms with Gasteiger partial charge in [0.1, 0.15) is 6.04 Å². The molecule has 9 heteroatoms. The third kappa shape index (κ3) is 6.78. The molecule has 2 aromatic rings. The van der Waals surface area contributed by atoms with Crippen LogP contribution in [0.2, 0.25) is 0 Å². The van der Waals surface area contributed by atoms with E-state index in [2.05, 4.69) is 16.9 Å². The maximum Gasteiger partial charge on any atom is 0.321 e. The van der Waals surface area contributed by atoms with E-state index in [-0.39, 0.29) is 30.9 Å². The second kappa shape index (κ2) is 12.1. The zero-order valence-corrected chi connectivity index (χ0v) is 21.0. The molecule has 35 heavy (non-hydrogen) atoms. The summed E-state index contributed by atoms with van der Waals surface area (Å²) in [4.78, 5) is 34.4. The molecule has 1 aromatic heterocycles. The number of hydrogen-bond donors (Lipinski definition) is 3. The molecule has 1 saturated heterocycles. The van der Waals surface area contributed by atoms with Crippen molar-refractivity contribution in [2.24, 2.45) is 11.8 Å². The van der Waals surface area contributed by atoms with Gasteiger partial charge in [0.2, 0.25) is 5.91 Å². The van der Waals surface area contributed by atoms with E-state index in [4.69, 9.17) is 5.84 Å². The average molecular weight is 483 g/mol. The Hall–Kier alpha value is -3.01. The van der Waals surface area contributed by atoms with E-state index < -0.39 is 12.1 Å². The number of nitrogens with one attached hydrogen (secondary N) is 1. The number of aliphatic hydroxyl groups excluding tert-OH is 1. The molecular formula is C26H38N6O3. The molecule has 190 valence electrons. The summed E-state index contributed by atoms with van der Waals surface area (Å²) in [5.41, 5.74) is 2.81. The number of pyridine rings is 1. The lowest BCUT2D eigenvalue weighted by molar-refractivity contribution is -0.127. The summed E-state index contributed by atoms with van der Waals surface area (Å²) in [5, 5.41) is 15.6. The fourth-order valence-corrected chi connectivity index (χ4v) is 4.50. The molecule has 3 amide bonds. The van der Waals surface area contributed by atoms with Gasteiger partial charge in [-0.2, -0.15) is 0 Å². The summed E-state index contributed by atoms with van der Waals surface area (Å²) in [6, 6.07) is 9.05. The second-order valence-corrected chi connectivity index (χ2v) is 9.50. The van der Waals surface area contributed by atoms with Gasteiger partial charge in [-0.3, -0.25) is 15.6 Å². The van der Waals surface area contributed by atoms with Crippen molar-refractivity contribution >= 4 is 22.8 Å². The standard InChI is InChI=1S/C26H38N6O3/c1-5-19(4)24(25(34)29-14-21(33)17-31(27)15-18(2)3)32-13-12-30(26(32)35)16-20-10-11-28-23-9-7-6-8-22(20)23/h6-11,19,21,24,33H,2,5,12-17,27H2,1,3-4H3,(H,29,34)/t19?,21-,24?/m1/s1. The van der Waals surface area contributed by atoms with Gasteiger partial charge in [-0.05, 0) is 30.5 Å². The Morgan fingerprint density at radius 1 is 1.31 bits per heavy atom. The van der Waals surface area contributed by atoms with Crippen LogP contribution in [0, 0.1) is 5.92 Å². The third-order valence-electron chi connectivity index (χ3n) is 6.45. The topological polar surface area (TPSA) is 115 Å². The SMILES string of the molecule is C=C(C)CN(N)C[C@H](O)CNC(=O)C(C(C)CC)N1CCN(Cc2ccnc3ccccc23)C1=O. The number of carbonyl (C=O) groups is 2. The number of rotatable bonds is 12. The molecule has 9 nitrogen and oxygen atoms in total. The predicted octanol–water partition coefficient (Wildman–Crippen LogP) is 2.12. The number of nitrogens with zero attached hydrogens (tertiary/aromatic N) is 4. The van der Waals surface area contributed by atoms with E-state index in [1.165, 1.54) is 5.01 Å². The van der Waals surface area contributed by atoms with Crippen LogP contribution in [0.3, 0.4) is 0 Å². The van der Waals surface area contributed by atoms with Crippen LogP contribution in [-0.4, -0.2) is 81.7 Å². The highest BCUT2D eigenvalue weighted by molar-refractivity contribution is 5.88. The summed E-state index contributed by atoms with van der Waals surface area (Å²) in [5.74, 6) is 5.59. The normalized spacial score (nSPS) is 16.6. The maximum atomic E-state index is 13.4. The van der Waals surface area contributed by atoms with Crippen LogP contribution < -0.4 is 11.2 Å². The molecule has 1 aliphatic heterocycles. The number of aliphatic hydroxyl groups is 1. The first-order valence-electron chi connectivity index (χ1n) is 12.2. The first-order chi connectivity index (χ1) is 16.7. The smallest absolute Gasteiger partial charge is 0.321 e. The highest BCUT2D eigenvalue weighted by Crippen LogP contribution is 2.24. The van der Waals surface area contributed by atoms with Gasteiger partial charge in [0.05, 0.1) is 11.6 Å². The highest BCUT2D eigenvalue weighted by Gasteiger charge is 2.39. The summed E-state index contributed by atoms with van der Waals surface area (Å²) in [7, 11) is 0. The van der Waals surface area contributed by atoms with Gasteiger partial charge < -0.3 is 20.2 Å². The Labute approximate surface area is 207 Å².